The predicted octanol–water partition coefficient (Wildman–Crippen LogP) is 3.20. The van der Waals surface area contributed by atoms with Gasteiger partial charge in [-0.25, -0.2) is 4.39 Å². The molecular weight excluding hydrogens is 315 g/mol. The molecule has 2 aromatic carbocycles. The van der Waals surface area contributed by atoms with E-state index in [1.54, 1.807) is 6.07 Å². The van der Waals surface area contributed by atoms with E-state index in [0.717, 1.165) is 38.2 Å². The van der Waals surface area contributed by atoms with Gasteiger partial charge in [-0.05, 0) is 25.0 Å². The highest BCUT2D eigenvalue weighted by Gasteiger charge is 2.27. The minimum atomic E-state index is -0.146. The molecule has 1 saturated heterocycles. The van der Waals surface area contributed by atoms with Crippen LogP contribution in [0.2, 0.25) is 0 Å². The predicted molar refractivity (Wildman–Crippen MR) is 98.8 cm³/mol. The molecule has 1 unspecified atom stereocenters. The zero-order valence-electron chi connectivity index (χ0n) is 14.9. The monoisotopic (exact) mass is 342 g/mol. The SMILES string of the molecule is Cc1ccc(CN2CCN(Cc3ccccc3F)C(CCO)C2)cc1. The van der Waals surface area contributed by atoms with Gasteiger partial charge in [0, 0.05) is 50.9 Å². The van der Waals surface area contributed by atoms with Gasteiger partial charge in [0.25, 0.3) is 0 Å². The Balaban J connectivity index is 1.63. The van der Waals surface area contributed by atoms with E-state index in [2.05, 4.69) is 41.0 Å². The van der Waals surface area contributed by atoms with E-state index in [1.165, 1.54) is 17.2 Å². The summed E-state index contributed by atoms with van der Waals surface area (Å²) in [4.78, 5) is 4.74. The molecule has 1 N–H and O–H groups in total. The molecule has 134 valence electrons. The number of nitrogens with zero attached hydrogens (tertiary/aromatic N) is 2. The van der Waals surface area contributed by atoms with Gasteiger partial charge in [0.15, 0.2) is 0 Å². The van der Waals surface area contributed by atoms with Gasteiger partial charge in [-0.1, -0.05) is 48.0 Å². The lowest BCUT2D eigenvalue weighted by Crippen LogP contribution is -2.52. The van der Waals surface area contributed by atoms with Gasteiger partial charge in [-0.15, -0.1) is 0 Å². The van der Waals surface area contributed by atoms with Crippen LogP contribution in [0.15, 0.2) is 48.5 Å². The normalized spacial score (nSPS) is 19.2. The van der Waals surface area contributed by atoms with Crippen LogP contribution in [-0.4, -0.2) is 47.2 Å². The van der Waals surface area contributed by atoms with Crippen LogP contribution in [-0.2, 0) is 13.1 Å². The van der Waals surface area contributed by atoms with Crippen molar-refractivity contribution in [1.82, 2.24) is 9.80 Å². The van der Waals surface area contributed by atoms with E-state index in [1.807, 2.05) is 12.1 Å². The van der Waals surface area contributed by atoms with Gasteiger partial charge in [0.2, 0.25) is 0 Å². The van der Waals surface area contributed by atoms with Crippen LogP contribution >= 0.6 is 0 Å². The summed E-state index contributed by atoms with van der Waals surface area (Å²) in [6.45, 7) is 6.56. The van der Waals surface area contributed by atoms with Crippen LogP contribution in [0.4, 0.5) is 4.39 Å². The van der Waals surface area contributed by atoms with Crippen molar-refractivity contribution in [3.05, 3.63) is 71.0 Å². The third kappa shape index (κ3) is 4.88. The summed E-state index contributed by atoms with van der Waals surface area (Å²) >= 11 is 0. The van der Waals surface area contributed by atoms with E-state index in [0.29, 0.717) is 6.54 Å². The minimum Gasteiger partial charge on any atom is -0.396 e. The number of aliphatic hydroxyl groups excluding tert-OH is 1. The van der Waals surface area contributed by atoms with Crippen LogP contribution < -0.4 is 0 Å². The first kappa shape index (κ1) is 18.1. The maximum Gasteiger partial charge on any atom is 0.127 e. The summed E-state index contributed by atoms with van der Waals surface area (Å²) in [5.41, 5.74) is 3.32. The van der Waals surface area contributed by atoms with Gasteiger partial charge in [0.1, 0.15) is 5.82 Å². The van der Waals surface area contributed by atoms with E-state index >= 15 is 0 Å². The third-order valence-electron chi connectivity index (χ3n) is 5.01. The van der Waals surface area contributed by atoms with E-state index in [4.69, 9.17) is 0 Å². The zero-order chi connectivity index (χ0) is 17.6. The summed E-state index contributed by atoms with van der Waals surface area (Å²) < 4.78 is 14.0. The van der Waals surface area contributed by atoms with Crippen molar-refractivity contribution in [2.24, 2.45) is 0 Å². The molecule has 0 amide bonds. The molecule has 1 heterocycles. The Morgan fingerprint density at radius 3 is 2.52 bits per heavy atom. The lowest BCUT2D eigenvalue weighted by Gasteiger charge is -2.41. The summed E-state index contributed by atoms with van der Waals surface area (Å²) in [6, 6.07) is 15.9. The first-order valence-corrected chi connectivity index (χ1v) is 9.02. The molecule has 1 aliphatic rings. The first-order valence-electron chi connectivity index (χ1n) is 9.02. The fourth-order valence-corrected chi connectivity index (χ4v) is 3.53. The molecule has 25 heavy (non-hydrogen) atoms. The summed E-state index contributed by atoms with van der Waals surface area (Å²) in [6.07, 6.45) is 0.721. The fraction of sp³-hybridized carbons (Fsp3) is 0.429. The largest absolute Gasteiger partial charge is 0.396 e. The van der Waals surface area contributed by atoms with Crippen molar-refractivity contribution < 1.29 is 9.50 Å². The molecule has 0 aliphatic carbocycles. The van der Waals surface area contributed by atoms with Crippen LogP contribution in [0.25, 0.3) is 0 Å². The van der Waals surface area contributed by atoms with Crippen LogP contribution in [0.1, 0.15) is 23.1 Å². The van der Waals surface area contributed by atoms with Crippen molar-refractivity contribution in [2.75, 3.05) is 26.2 Å². The molecular formula is C21H27FN2O. The van der Waals surface area contributed by atoms with Crippen LogP contribution in [0.5, 0.6) is 0 Å². The number of aliphatic hydroxyl groups is 1. The summed E-state index contributed by atoms with van der Waals surface area (Å²) in [5.74, 6) is -0.146. The molecule has 2 aromatic rings. The Kier molecular flexibility index (Phi) is 6.19. The molecule has 0 bridgehead atoms. The number of halogens is 1. The summed E-state index contributed by atoms with van der Waals surface area (Å²) in [5, 5.41) is 9.44. The topological polar surface area (TPSA) is 26.7 Å². The maximum atomic E-state index is 14.0. The number of aryl methyl sites for hydroxylation is 1. The van der Waals surface area contributed by atoms with E-state index in [9.17, 15) is 9.50 Å². The molecule has 1 aliphatic heterocycles. The standard InChI is InChI=1S/C21H27FN2O/c1-17-6-8-18(9-7-17)14-23-11-12-24(20(16-23)10-13-25)15-19-4-2-3-5-21(19)22/h2-9,20,25H,10-16H2,1H3. The minimum absolute atomic E-state index is 0.146. The highest BCUT2D eigenvalue weighted by atomic mass is 19.1. The van der Waals surface area contributed by atoms with Gasteiger partial charge >= 0.3 is 0 Å². The fourth-order valence-electron chi connectivity index (χ4n) is 3.53. The van der Waals surface area contributed by atoms with Gasteiger partial charge in [-0.2, -0.15) is 0 Å². The second-order valence-electron chi connectivity index (χ2n) is 6.95. The van der Waals surface area contributed by atoms with Crippen LogP contribution in [0.3, 0.4) is 0 Å². The van der Waals surface area contributed by atoms with Crippen molar-refractivity contribution in [1.29, 1.82) is 0 Å². The number of rotatable bonds is 6. The number of hydrogen-bond donors (Lipinski definition) is 1. The lowest BCUT2D eigenvalue weighted by molar-refractivity contribution is 0.0493. The molecule has 1 fully saturated rings. The second-order valence-corrected chi connectivity index (χ2v) is 6.95. The van der Waals surface area contributed by atoms with Gasteiger partial charge < -0.3 is 5.11 Å². The average Bonchev–Trinajstić information content (AvgIpc) is 2.61. The Labute approximate surface area is 149 Å². The summed E-state index contributed by atoms with van der Waals surface area (Å²) in [7, 11) is 0. The Hall–Kier alpha value is -1.75. The first-order chi connectivity index (χ1) is 12.2. The van der Waals surface area contributed by atoms with Crippen molar-refractivity contribution >= 4 is 0 Å². The number of benzene rings is 2. The van der Waals surface area contributed by atoms with Crippen molar-refractivity contribution in [2.45, 2.75) is 32.5 Å². The molecule has 1 atom stereocenters. The average molecular weight is 342 g/mol. The van der Waals surface area contributed by atoms with Gasteiger partial charge in [0.05, 0.1) is 0 Å². The lowest BCUT2D eigenvalue weighted by atomic mass is 10.1. The molecule has 0 saturated carbocycles. The molecule has 0 radical (unpaired) electrons. The molecule has 0 spiro atoms. The van der Waals surface area contributed by atoms with Gasteiger partial charge in [-0.3, -0.25) is 9.80 Å². The Bertz CT molecular complexity index is 674. The second kappa shape index (κ2) is 8.56. The number of piperazine rings is 1. The van der Waals surface area contributed by atoms with Crippen molar-refractivity contribution in [3.63, 3.8) is 0 Å². The maximum absolute atomic E-state index is 14.0. The van der Waals surface area contributed by atoms with E-state index < -0.39 is 0 Å². The molecule has 3 rings (SSSR count). The smallest absolute Gasteiger partial charge is 0.127 e. The van der Waals surface area contributed by atoms with Crippen molar-refractivity contribution in [3.8, 4) is 0 Å². The van der Waals surface area contributed by atoms with E-state index in [-0.39, 0.29) is 18.5 Å². The Morgan fingerprint density at radius 2 is 1.80 bits per heavy atom. The Morgan fingerprint density at radius 1 is 1.04 bits per heavy atom. The number of hydrogen-bond acceptors (Lipinski definition) is 3. The highest BCUT2D eigenvalue weighted by Crippen LogP contribution is 2.19. The third-order valence-corrected chi connectivity index (χ3v) is 5.01. The van der Waals surface area contributed by atoms with Crippen LogP contribution in [0, 0.1) is 12.7 Å². The highest BCUT2D eigenvalue weighted by molar-refractivity contribution is 5.21. The quantitative estimate of drug-likeness (QED) is 0.873. The molecule has 0 aromatic heterocycles. The molecule has 4 heteroatoms. The zero-order valence-corrected chi connectivity index (χ0v) is 14.9. The molecule has 3 nitrogen and oxygen atoms in total.